The summed E-state index contributed by atoms with van der Waals surface area (Å²) in [6.07, 6.45) is 8.14. The van der Waals surface area contributed by atoms with Crippen molar-refractivity contribution in [3.8, 4) is 0 Å². The summed E-state index contributed by atoms with van der Waals surface area (Å²) in [5, 5.41) is 39.6. The Kier molecular flexibility index (Phi) is 6.61. The van der Waals surface area contributed by atoms with E-state index in [1.807, 2.05) is 0 Å². The van der Waals surface area contributed by atoms with Crippen molar-refractivity contribution >= 4 is 34.0 Å². The van der Waals surface area contributed by atoms with Gasteiger partial charge in [-0.1, -0.05) is 22.9 Å². The summed E-state index contributed by atoms with van der Waals surface area (Å²) in [4.78, 5) is 24.6. The van der Waals surface area contributed by atoms with E-state index in [2.05, 4.69) is 33.4 Å². The molecule has 1 aromatic carbocycles. The molecule has 4 N–H and O–H groups in total. The minimum atomic E-state index is -1.17. The topological polar surface area (TPSA) is 128 Å². The molecule has 0 bridgehead atoms. The van der Waals surface area contributed by atoms with E-state index in [-0.39, 0.29) is 36.1 Å². The Hall–Kier alpha value is -2.07. The fraction of sp³-hybridized carbons (Fsp3) is 0.633. The van der Waals surface area contributed by atoms with Crippen LogP contribution in [0.4, 0.5) is 0 Å². The van der Waals surface area contributed by atoms with E-state index in [1.54, 1.807) is 36.6 Å². The van der Waals surface area contributed by atoms with Crippen LogP contribution in [0.5, 0.6) is 0 Å². The second-order valence-electron chi connectivity index (χ2n) is 12.7. The second-order valence-corrected chi connectivity index (χ2v) is 13.6. The van der Waals surface area contributed by atoms with Gasteiger partial charge in [0.15, 0.2) is 0 Å². The Balaban J connectivity index is 1.32. The van der Waals surface area contributed by atoms with Crippen LogP contribution in [0.25, 0.3) is 0 Å². The lowest BCUT2D eigenvalue weighted by atomic mass is 9.41. The number of cyclic esters (lactones) is 1. The number of hydrogen-bond acceptors (Lipinski definition) is 7. The molecule has 5 aliphatic rings. The highest BCUT2D eigenvalue weighted by atomic mass is 79.9. The molecule has 9 heteroatoms. The smallest absolute Gasteiger partial charge is 0.331 e. The molecule has 0 aromatic heterocycles. The van der Waals surface area contributed by atoms with Crippen LogP contribution in [-0.2, 0) is 9.53 Å². The van der Waals surface area contributed by atoms with E-state index in [0.29, 0.717) is 44.3 Å². The van der Waals surface area contributed by atoms with Crippen molar-refractivity contribution in [1.82, 2.24) is 5.43 Å². The lowest BCUT2D eigenvalue weighted by molar-refractivity contribution is -0.237. The van der Waals surface area contributed by atoms with Crippen LogP contribution in [0, 0.1) is 28.6 Å². The molecule has 0 radical (unpaired) electrons. The number of carbonyl (C=O) groups is 2. The average Bonchev–Trinajstić information content (AvgIpc) is 3.44. The molecule has 8 atom stereocenters. The molecule has 1 aliphatic heterocycles. The number of esters is 1. The molecule has 4 aliphatic carbocycles. The van der Waals surface area contributed by atoms with Gasteiger partial charge in [0.05, 0.1) is 17.3 Å². The number of aliphatic hydroxyl groups excluding tert-OH is 1. The number of aliphatic hydroxyl groups is 3. The van der Waals surface area contributed by atoms with Crippen LogP contribution in [-0.4, -0.2) is 57.3 Å². The molecule has 4 saturated carbocycles. The Morgan fingerprint density at radius 3 is 2.54 bits per heavy atom. The van der Waals surface area contributed by atoms with Gasteiger partial charge in [0.1, 0.15) is 6.61 Å². The molecular formula is C30H37BrN2O6. The minimum Gasteiger partial charge on any atom is -0.458 e. The summed E-state index contributed by atoms with van der Waals surface area (Å²) >= 11 is 3.38. The molecule has 210 valence electrons. The second kappa shape index (κ2) is 9.50. The van der Waals surface area contributed by atoms with Gasteiger partial charge in [-0.2, -0.15) is 5.10 Å². The average molecular weight is 602 g/mol. The van der Waals surface area contributed by atoms with Crippen molar-refractivity contribution in [1.29, 1.82) is 0 Å². The van der Waals surface area contributed by atoms with Crippen LogP contribution >= 0.6 is 15.9 Å². The van der Waals surface area contributed by atoms with Crippen molar-refractivity contribution < 1.29 is 29.6 Å². The van der Waals surface area contributed by atoms with E-state index < -0.39 is 28.1 Å². The van der Waals surface area contributed by atoms with E-state index in [9.17, 15) is 24.9 Å². The van der Waals surface area contributed by atoms with Gasteiger partial charge >= 0.3 is 5.97 Å². The summed E-state index contributed by atoms with van der Waals surface area (Å²) in [6, 6.07) is 7.01. The maximum Gasteiger partial charge on any atom is 0.331 e. The zero-order valence-electron chi connectivity index (χ0n) is 22.2. The maximum absolute atomic E-state index is 12.8. The Labute approximate surface area is 237 Å². The van der Waals surface area contributed by atoms with Crippen LogP contribution in [0.2, 0.25) is 0 Å². The van der Waals surface area contributed by atoms with Crippen molar-refractivity contribution in [2.24, 2.45) is 33.7 Å². The standard InChI is InChI=1S/C30H37BrN2O6/c1-27-10-7-23-24(30(27,38)13-9-22(27)19-14-25(35)39-16-19)8-12-29(37)15-21(34)6-11-28(23,29)17-32-33-26(36)18-2-4-20(31)5-3-18/h2-5,14,17,21-24,34,37-38H,6-13,15-16H2,1H3,(H,33,36). The van der Waals surface area contributed by atoms with Gasteiger partial charge in [-0.25, -0.2) is 10.2 Å². The molecule has 8 unspecified atom stereocenters. The monoisotopic (exact) mass is 600 g/mol. The lowest BCUT2D eigenvalue weighted by Crippen LogP contribution is -2.68. The molecule has 4 fully saturated rings. The van der Waals surface area contributed by atoms with Gasteiger partial charge in [0, 0.05) is 39.6 Å². The first-order chi connectivity index (χ1) is 18.5. The van der Waals surface area contributed by atoms with Crippen LogP contribution < -0.4 is 5.43 Å². The van der Waals surface area contributed by atoms with Gasteiger partial charge in [0.25, 0.3) is 5.91 Å². The summed E-state index contributed by atoms with van der Waals surface area (Å²) in [5.74, 6) is -0.675. The van der Waals surface area contributed by atoms with Gasteiger partial charge in [-0.3, -0.25) is 4.79 Å². The Bertz CT molecular complexity index is 1230. The highest BCUT2D eigenvalue weighted by Gasteiger charge is 2.71. The molecule has 1 amide bonds. The van der Waals surface area contributed by atoms with Crippen molar-refractivity contribution in [3.05, 3.63) is 46.0 Å². The number of carbonyl (C=O) groups excluding carboxylic acids is 2. The number of nitrogens with one attached hydrogen (secondary N) is 1. The summed E-state index contributed by atoms with van der Waals surface area (Å²) < 4.78 is 6.10. The van der Waals surface area contributed by atoms with E-state index in [1.165, 1.54) is 0 Å². The van der Waals surface area contributed by atoms with E-state index in [0.717, 1.165) is 29.3 Å². The van der Waals surface area contributed by atoms with Crippen LogP contribution in [0.3, 0.4) is 0 Å². The third-order valence-electron chi connectivity index (χ3n) is 11.2. The third kappa shape index (κ3) is 4.06. The molecule has 39 heavy (non-hydrogen) atoms. The number of benzene rings is 1. The fourth-order valence-electron chi connectivity index (χ4n) is 9.23. The number of fused-ring (bicyclic) bond motifs is 5. The van der Waals surface area contributed by atoms with Crippen molar-refractivity contribution in [2.75, 3.05) is 6.61 Å². The molecular weight excluding hydrogens is 564 g/mol. The maximum atomic E-state index is 12.8. The molecule has 6 rings (SSSR count). The number of rotatable bonds is 4. The first kappa shape index (κ1) is 27.1. The summed E-state index contributed by atoms with van der Waals surface area (Å²) in [6.45, 7) is 2.46. The van der Waals surface area contributed by atoms with Gasteiger partial charge in [-0.15, -0.1) is 0 Å². The quantitative estimate of drug-likeness (QED) is 0.236. The third-order valence-corrected chi connectivity index (χ3v) is 11.7. The SMILES string of the molecule is CC12CCC3C(CCC4(O)CC(O)CCC34C=NNC(=O)c3ccc(Br)cc3)C1(O)CCC2C1=CC(=O)OC1. The Morgan fingerprint density at radius 1 is 1.08 bits per heavy atom. The van der Waals surface area contributed by atoms with E-state index in [4.69, 9.17) is 4.74 Å². The first-order valence-corrected chi connectivity index (χ1v) is 14.9. The molecule has 1 aromatic rings. The predicted molar refractivity (Wildman–Crippen MR) is 148 cm³/mol. The molecule has 0 saturated heterocycles. The fourth-order valence-corrected chi connectivity index (χ4v) is 9.50. The normalized spacial score (nSPS) is 43.3. The number of amides is 1. The largest absolute Gasteiger partial charge is 0.458 e. The lowest BCUT2D eigenvalue weighted by Gasteiger charge is -2.65. The van der Waals surface area contributed by atoms with Crippen LogP contribution in [0.15, 0.2) is 45.5 Å². The minimum absolute atomic E-state index is 0.0515. The number of nitrogens with zero attached hydrogens (tertiary/aromatic N) is 1. The zero-order chi connectivity index (χ0) is 27.6. The predicted octanol–water partition coefficient (Wildman–Crippen LogP) is 3.88. The number of hydrogen-bond donors (Lipinski definition) is 4. The summed E-state index contributed by atoms with van der Waals surface area (Å²) in [7, 11) is 0. The van der Waals surface area contributed by atoms with Gasteiger partial charge < -0.3 is 20.1 Å². The van der Waals surface area contributed by atoms with Crippen molar-refractivity contribution in [2.45, 2.75) is 82.0 Å². The summed E-state index contributed by atoms with van der Waals surface area (Å²) in [5.41, 5.74) is 0.820. The Morgan fingerprint density at radius 2 is 1.82 bits per heavy atom. The zero-order valence-corrected chi connectivity index (χ0v) is 23.8. The number of halogens is 1. The first-order valence-electron chi connectivity index (χ1n) is 14.1. The molecule has 8 nitrogen and oxygen atoms in total. The van der Waals surface area contributed by atoms with Gasteiger partial charge in [-0.05, 0) is 99.0 Å². The molecule has 1 heterocycles. The van der Waals surface area contributed by atoms with E-state index >= 15 is 0 Å². The van der Waals surface area contributed by atoms with Crippen LogP contribution in [0.1, 0.15) is 75.1 Å². The highest BCUT2D eigenvalue weighted by molar-refractivity contribution is 9.10. The van der Waals surface area contributed by atoms with Crippen molar-refractivity contribution in [3.63, 3.8) is 0 Å². The highest BCUT2D eigenvalue weighted by Crippen LogP contribution is 2.70. The van der Waals surface area contributed by atoms with Gasteiger partial charge in [0.2, 0.25) is 0 Å². The number of hydrazone groups is 1. The molecule has 0 spiro atoms. The number of ether oxygens (including phenoxy) is 1.